The lowest BCUT2D eigenvalue weighted by molar-refractivity contribution is -0.409. The van der Waals surface area contributed by atoms with E-state index in [1.807, 2.05) is 0 Å². The molecule has 0 spiro atoms. The van der Waals surface area contributed by atoms with Crippen LogP contribution in [0.4, 0.5) is 13.2 Å². The zero-order chi connectivity index (χ0) is 18.8. The number of aromatic nitrogens is 3. The number of hydrogen-bond acceptors (Lipinski definition) is 7. The van der Waals surface area contributed by atoms with Crippen molar-refractivity contribution in [1.29, 1.82) is 0 Å². The maximum atomic E-state index is 11.3. The van der Waals surface area contributed by atoms with Gasteiger partial charge in [0.25, 0.3) is 0 Å². The second-order valence-electron chi connectivity index (χ2n) is 4.21. The molecule has 0 aliphatic carbocycles. The van der Waals surface area contributed by atoms with Gasteiger partial charge in [0, 0.05) is 12.2 Å². The zero-order valence-electron chi connectivity index (χ0n) is 12.6. The van der Waals surface area contributed by atoms with Crippen LogP contribution in [0.3, 0.4) is 0 Å². The Morgan fingerprint density at radius 3 is 2.46 bits per heavy atom. The molecule has 0 aliphatic heterocycles. The van der Waals surface area contributed by atoms with Crippen molar-refractivity contribution < 1.29 is 38.3 Å². The van der Waals surface area contributed by atoms with Gasteiger partial charge in [0.2, 0.25) is 0 Å². The smallest absolute Gasteiger partial charge is 0.430 e. The fourth-order valence-corrected chi connectivity index (χ4v) is 1.98. The molecule has 138 valence electrons. The minimum atomic E-state index is -5.19. The van der Waals surface area contributed by atoms with Gasteiger partial charge >= 0.3 is 17.8 Å². The number of alkyl halides is 3. The summed E-state index contributed by atoms with van der Waals surface area (Å²) in [6, 6.07) is -0.325. The van der Waals surface area contributed by atoms with E-state index >= 15 is 0 Å². The van der Waals surface area contributed by atoms with E-state index in [1.165, 1.54) is 11.8 Å². The molecule has 1 heterocycles. The van der Waals surface area contributed by atoms with E-state index in [2.05, 4.69) is 20.9 Å². The number of halogens is 3. The number of aliphatic carboxylic acids is 1. The highest BCUT2D eigenvalue weighted by atomic mass is 32.2. The van der Waals surface area contributed by atoms with Crippen molar-refractivity contribution in [3.05, 3.63) is 10.5 Å². The number of carbonyl (C=O) groups excluding carboxylic acids is 2. The van der Waals surface area contributed by atoms with Crippen LogP contribution in [-0.2, 0) is 14.3 Å². The molecule has 24 heavy (non-hydrogen) atoms. The summed E-state index contributed by atoms with van der Waals surface area (Å²) in [6.07, 6.45) is -3.72. The van der Waals surface area contributed by atoms with Crippen molar-refractivity contribution in [3.8, 4) is 0 Å². The quantitative estimate of drug-likeness (QED) is 0.296. The van der Waals surface area contributed by atoms with Gasteiger partial charge in [0.1, 0.15) is 5.97 Å². The number of H-pyrrole nitrogens is 2. The van der Waals surface area contributed by atoms with Crippen molar-refractivity contribution in [1.82, 2.24) is 15.2 Å². The predicted octanol–water partition coefficient (Wildman–Crippen LogP) is -1.56. The fourth-order valence-electron chi connectivity index (χ4n) is 1.20. The number of nitrogens with zero attached hydrogens (tertiary/aromatic N) is 1. The second-order valence-corrected chi connectivity index (χ2v) is 5.29. The minimum absolute atomic E-state index is 0.259. The van der Waals surface area contributed by atoms with Gasteiger partial charge in [-0.05, 0) is 13.3 Å². The van der Waals surface area contributed by atoms with Crippen LogP contribution in [0.1, 0.15) is 19.8 Å². The highest BCUT2D eigenvalue weighted by Crippen LogP contribution is 2.12. The Bertz CT molecular complexity index is 574. The number of nitrogens with one attached hydrogen (secondary N) is 2. The number of carbonyl (C=O) groups is 2. The molecule has 9 nitrogen and oxygen atoms in total. The van der Waals surface area contributed by atoms with Crippen LogP contribution in [0.15, 0.2) is 9.95 Å². The minimum Gasteiger partial charge on any atom is -0.542 e. The Morgan fingerprint density at radius 2 is 2.04 bits per heavy atom. The number of carboxylic acid groups (broad SMARTS) is 1. The topological polar surface area (TPSA) is 156 Å². The van der Waals surface area contributed by atoms with E-state index in [1.54, 1.807) is 6.92 Å². The van der Waals surface area contributed by atoms with E-state index in [-0.39, 0.29) is 17.7 Å². The lowest BCUT2D eigenvalue weighted by atomic mass is 10.2. The maximum Gasteiger partial charge on any atom is 0.430 e. The number of thioether (sulfide) groups is 1. The van der Waals surface area contributed by atoms with Crippen LogP contribution in [0.5, 0.6) is 0 Å². The van der Waals surface area contributed by atoms with Gasteiger partial charge in [-0.3, -0.25) is 4.98 Å². The van der Waals surface area contributed by atoms with Crippen molar-refractivity contribution in [2.45, 2.75) is 37.1 Å². The Morgan fingerprint density at radius 1 is 1.46 bits per heavy atom. The van der Waals surface area contributed by atoms with E-state index in [0.717, 1.165) is 12.2 Å². The van der Waals surface area contributed by atoms with Crippen LogP contribution in [0.25, 0.3) is 0 Å². The summed E-state index contributed by atoms with van der Waals surface area (Å²) in [5, 5.41) is 15.4. The molecule has 0 saturated carbocycles. The number of rotatable bonds is 7. The molecule has 5 N–H and O–H groups in total. The fraction of sp³-hybridized carbons (Fsp3) is 0.636. The van der Waals surface area contributed by atoms with Crippen LogP contribution in [0, 0.1) is 0 Å². The van der Waals surface area contributed by atoms with E-state index < -0.39 is 12.1 Å². The number of aromatic amines is 2. The first-order valence-corrected chi connectivity index (χ1v) is 7.61. The summed E-state index contributed by atoms with van der Waals surface area (Å²) >= 11 is 1.43. The van der Waals surface area contributed by atoms with Gasteiger partial charge in [-0.2, -0.15) is 13.2 Å². The SMILES string of the molecule is CCOC(=O)[C@@H]([NH3+])CCCSc1n[nH]c(=O)[nH]1.O=C([O-])C(F)(F)F. The number of hydrogen-bond donors (Lipinski definition) is 3. The average Bonchev–Trinajstić information content (AvgIpc) is 2.89. The summed E-state index contributed by atoms with van der Waals surface area (Å²) < 4.78 is 36.4. The van der Waals surface area contributed by atoms with Crippen LogP contribution in [0.2, 0.25) is 0 Å². The molecule has 0 aliphatic rings. The molecule has 0 unspecified atom stereocenters. The average molecular weight is 374 g/mol. The molecule has 1 rings (SSSR count). The summed E-state index contributed by atoms with van der Waals surface area (Å²) in [4.78, 5) is 33.3. The molecule has 0 aromatic carbocycles. The van der Waals surface area contributed by atoms with Gasteiger partial charge in [-0.1, -0.05) is 11.8 Å². The molecular weight excluding hydrogens is 357 g/mol. The third-order valence-electron chi connectivity index (χ3n) is 2.27. The number of quaternary nitrogens is 1. The van der Waals surface area contributed by atoms with Gasteiger partial charge in [0.05, 0.1) is 6.61 Å². The predicted molar refractivity (Wildman–Crippen MR) is 73.5 cm³/mol. The van der Waals surface area contributed by atoms with E-state index in [0.29, 0.717) is 18.2 Å². The summed E-state index contributed by atoms with van der Waals surface area (Å²) in [5.41, 5.74) is 3.43. The number of carboxylic acids is 1. The maximum absolute atomic E-state index is 11.3. The molecule has 0 radical (unpaired) electrons. The Kier molecular flexibility index (Phi) is 9.80. The molecular formula is C11H17F3N4O5S. The molecule has 1 aromatic rings. The van der Waals surface area contributed by atoms with Crippen molar-refractivity contribution in [2.75, 3.05) is 12.4 Å². The monoisotopic (exact) mass is 374 g/mol. The van der Waals surface area contributed by atoms with E-state index in [4.69, 9.17) is 14.6 Å². The third-order valence-corrected chi connectivity index (χ3v) is 3.23. The lowest BCUT2D eigenvalue weighted by Gasteiger charge is -2.06. The van der Waals surface area contributed by atoms with Gasteiger partial charge in [-0.25, -0.2) is 14.7 Å². The standard InChI is InChI=1S/C9H16N4O3S.C2HF3O2/c1-2-16-7(14)6(10)4-3-5-17-9-11-8(15)12-13-9;3-2(4,5)1(6)7/h6H,2-5,10H2,1H3,(H2,11,12,13,15);(H,6,7)/t6-;/m0./s1. The van der Waals surface area contributed by atoms with Crippen molar-refractivity contribution in [2.24, 2.45) is 0 Å². The van der Waals surface area contributed by atoms with Crippen LogP contribution >= 0.6 is 11.8 Å². The molecule has 0 saturated heterocycles. The zero-order valence-corrected chi connectivity index (χ0v) is 13.5. The highest BCUT2D eigenvalue weighted by molar-refractivity contribution is 7.99. The van der Waals surface area contributed by atoms with Gasteiger partial charge < -0.3 is 20.4 Å². The highest BCUT2D eigenvalue weighted by Gasteiger charge is 2.28. The number of esters is 1. The molecule has 1 aromatic heterocycles. The summed E-state index contributed by atoms with van der Waals surface area (Å²) in [6.45, 7) is 2.16. The molecule has 0 amide bonds. The first-order chi connectivity index (χ1) is 11.1. The Labute approximate surface area is 138 Å². The van der Waals surface area contributed by atoms with Gasteiger partial charge in [-0.15, -0.1) is 5.10 Å². The Balaban J connectivity index is 0.000000640. The van der Waals surface area contributed by atoms with E-state index in [9.17, 15) is 22.8 Å². The lowest BCUT2D eigenvalue weighted by Crippen LogP contribution is -2.65. The first kappa shape index (κ1) is 22.0. The van der Waals surface area contributed by atoms with Crippen LogP contribution < -0.4 is 16.5 Å². The normalized spacial score (nSPS) is 12.0. The molecule has 0 bridgehead atoms. The first-order valence-electron chi connectivity index (χ1n) is 6.63. The third kappa shape index (κ3) is 9.89. The van der Waals surface area contributed by atoms with Crippen LogP contribution in [-0.4, -0.2) is 51.7 Å². The second kappa shape index (κ2) is 10.7. The molecule has 13 heteroatoms. The van der Waals surface area contributed by atoms with Crippen molar-refractivity contribution >= 4 is 23.7 Å². The summed E-state index contributed by atoms with van der Waals surface area (Å²) in [7, 11) is 0. The van der Waals surface area contributed by atoms with Crippen molar-refractivity contribution in [3.63, 3.8) is 0 Å². The number of ether oxygens (including phenoxy) is 1. The molecule has 0 fully saturated rings. The molecule has 1 atom stereocenters. The summed E-state index contributed by atoms with van der Waals surface area (Å²) in [5.74, 6) is -2.50. The van der Waals surface area contributed by atoms with Gasteiger partial charge in [0.15, 0.2) is 11.2 Å². The Hall–Kier alpha value is -2.02. The largest absolute Gasteiger partial charge is 0.542 e.